The third-order valence-corrected chi connectivity index (χ3v) is 4.54. The maximum Gasteiger partial charge on any atom is 0.417 e. The lowest BCUT2D eigenvalue weighted by atomic mass is 10.1. The van der Waals surface area contributed by atoms with E-state index in [2.05, 4.69) is 5.32 Å². The molecule has 1 aromatic heterocycles. The first-order valence-corrected chi connectivity index (χ1v) is 8.60. The second kappa shape index (κ2) is 7.27. The Labute approximate surface area is 157 Å². The van der Waals surface area contributed by atoms with Crippen LogP contribution in [-0.2, 0) is 15.8 Å². The van der Waals surface area contributed by atoms with Gasteiger partial charge in [-0.15, -0.1) is 0 Å². The number of nitrogens with zero attached hydrogens (tertiary/aromatic N) is 1. The summed E-state index contributed by atoms with van der Waals surface area (Å²) < 4.78 is 44.5. The van der Waals surface area contributed by atoms with Crippen molar-refractivity contribution in [2.75, 3.05) is 11.9 Å². The molecule has 7 nitrogen and oxygen atoms in total. The van der Waals surface area contributed by atoms with Gasteiger partial charge in [-0.05, 0) is 38.0 Å². The number of anilines is 1. The number of amides is 2. The maximum absolute atomic E-state index is 13.2. The molecule has 2 amide bonds. The Hall–Kier alpha value is -2.88. The molecule has 1 saturated heterocycles. The normalized spacial score (nSPS) is 18.3. The minimum atomic E-state index is -4.76. The monoisotopic (exact) mass is 397 g/mol. The number of hydrogen-bond acceptors (Lipinski definition) is 5. The zero-order valence-corrected chi connectivity index (χ0v) is 14.9. The molecular formula is C18H18F3N3O4. The number of likely N-dealkylation sites (tertiary alicyclic amines) is 1. The lowest BCUT2D eigenvalue weighted by molar-refractivity contribution is -0.137. The highest BCUT2D eigenvalue weighted by Gasteiger charge is 2.36. The Morgan fingerprint density at radius 2 is 2.04 bits per heavy atom. The molecular weight excluding hydrogens is 379 g/mol. The first kappa shape index (κ1) is 19.9. The van der Waals surface area contributed by atoms with E-state index in [0.29, 0.717) is 25.5 Å². The number of halogens is 3. The summed E-state index contributed by atoms with van der Waals surface area (Å²) >= 11 is 0. The smallest absolute Gasteiger partial charge is 0.417 e. The SMILES string of the molecule is C[C@H](N)C(=O)N1CCC[C@H]1C(=O)Nc1ccc2oc(=O)cc(C(F)(F)F)c2c1. The Bertz CT molecular complexity index is 984. The van der Waals surface area contributed by atoms with E-state index in [1.165, 1.54) is 24.0 Å². The molecule has 0 saturated carbocycles. The number of nitrogens with one attached hydrogen (secondary N) is 1. The summed E-state index contributed by atoms with van der Waals surface area (Å²) in [6.07, 6.45) is -3.71. The number of hydrogen-bond donors (Lipinski definition) is 2. The fourth-order valence-corrected chi connectivity index (χ4v) is 3.27. The molecule has 2 atom stereocenters. The molecule has 2 heterocycles. The van der Waals surface area contributed by atoms with Crippen molar-refractivity contribution in [3.05, 3.63) is 40.2 Å². The molecule has 150 valence electrons. The van der Waals surface area contributed by atoms with Crippen LogP contribution in [0.15, 0.2) is 33.5 Å². The number of nitrogens with two attached hydrogens (primary N) is 1. The van der Waals surface area contributed by atoms with Crippen molar-refractivity contribution in [3.63, 3.8) is 0 Å². The molecule has 0 unspecified atom stereocenters. The average molecular weight is 397 g/mol. The highest BCUT2D eigenvalue weighted by atomic mass is 19.4. The third-order valence-electron chi connectivity index (χ3n) is 4.54. The topological polar surface area (TPSA) is 106 Å². The number of fused-ring (bicyclic) bond motifs is 1. The van der Waals surface area contributed by atoms with E-state index in [1.807, 2.05) is 0 Å². The molecule has 3 rings (SSSR count). The van der Waals surface area contributed by atoms with Crippen LogP contribution in [0.2, 0.25) is 0 Å². The Morgan fingerprint density at radius 1 is 1.32 bits per heavy atom. The summed E-state index contributed by atoms with van der Waals surface area (Å²) in [5.74, 6) is -0.880. The van der Waals surface area contributed by atoms with Gasteiger partial charge < -0.3 is 20.4 Å². The zero-order chi connectivity index (χ0) is 20.6. The van der Waals surface area contributed by atoms with Crippen molar-refractivity contribution in [3.8, 4) is 0 Å². The molecule has 1 aliphatic rings. The largest absolute Gasteiger partial charge is 0.423 e. The Kier molecular flexibility index (Phi) is 5.16. The van der Waals surface area contributed by atoms with E-state index >= 15 is 0 Å². The summed E-state index contributed by atoms with van der Waals surface area (Å²) in [5.41, 5.74) is 3.18. The molecule has 1 aliphatic heterocycles. The number of alkyl halides is 3. The van der Waals surface area contributed by atoms with Gasteiger partial charge in [0.1, 0.15) is 11.6 Å². The fourth-order valence-electron chi connectivity index (χ4n) is 3.27. The molecule has 1 fully saturated rings. The molecule has 3 N–H and O–H groups in total. The van der Waals surface area contributed by atoms with Crippen LogP contribution in [0.25, 0.3) is 11.0 Å². The quantitative estimate of drug-likeness (QED) is 0.772. The van der Waals surface area contributed by atoms with Crippen molar-refractivity contribution in [2.24, 2.45) is 5.73 Å². The van der Waals surface area contributed by atoms with Crippen LogP contribution in [0.3, 0.4) is 0 Å². The number of carbonyl (C=O) groups is 2. The van der Waals surface area contributed by atoms with Crippen LogP contribution in [0.4, 0.5) is 18.9 Å². The van der Waals surface area contributed by atoms with Crippen molar-refractivity contribution in [2.45, 2.75) is 38.0 Å². The van der Waals surface area contributed by atoms with E-state index in [0.717, 1.165) is 6.07 Å². The molecule has 0 spiro atoms. The zero-order valence-electron chi connectivity index (χ0n) is 14.9. The van der Waals surface area contributed by atoms with Crippen LogP contribution in [0.1, 0.15) is 25.3 Å². The Balaban J connectivity index is 1.90. The van der Waals surface area contributed by atoms with Gasteiger partial charge in [0.15, 0.2) is 0 Å². The first-order chi connectivity index (χ1) is 13.1. The summed E-state index contributed by atoms with van der Waals surface area (Å²) in [4.78, 5) is 37.4. The van der Waals surface area contributed by atoms with Crippen LogP contribution in [-0.4, -0.2) is 35.3 Å². The van der Waals surface area contributed by atoms with Crippen LogP contribution in [0, 0.1) is 0 Å². The van der Waals surface area contributed by atoms with Crippen LogP contribution >= 0.6 is 0 Å². The van der Waals surface area contributed by atoms with Crippen LogP contribution in [0.5, 0.6) is 0 Å². The Morgan fingerprint density at radius 3 is 2.68 bits per heavy atom. The average Bonchev–Trinajstić information content (AvgIpc) is 3.09. The maximum atomic E-state index is 13.2. The summed E-state index contributed by atoms with van der Waals surface area (Å²) in [5, 5.41) is 2.18. The predicted molar refractivity (Wildman–Crippen MR) is 94.5 cm³/mol. The highest BCUT2D eigenvalue weighted by Crippen LogP contribution is 2.35. The lowest BCUT2D eigenvalue weighted by Crippen LogP contribution is -2.48. The van der Waals surface area contributed by atoms with Gasteiger partial charge >= 0.3 is 11.8 Å². The van der Waals surface area contributed by atoms with Gasteiger partial charge in [-0.1, -0.05) is 0 Å². The van der Waals surface area contributed by atoms with Crippen molar-refractivity contribution >= 4 is 28.5 Å². The molecule has 0 bridgehead atoms. The lowest BCUT2D eigenvalue weighted by Gasteiger charge is -2.25. The molecule has 0 radical (unpaired) electrons. The van der Waals surface area contributed by atoms with Crippen molar-refractivity contribution in [1.29, 1.82) is 0 Å². The van der Waals surface area contributed by atoms with Gasteiger partial charge in [0, 0.05) is 23.7 Å². The van der Waals surface area contributed by atoms with Gasteiger partial charge in [-0.2, -0.15) is 13.2 Å². The standard InChI is InChI=1S/C18H18F3N3O4/c1-9(22)17(27)24-6-2-3-13(24)16(26)23-10-4-5-14-11(7-10)12(18(19,20)21)8-15(25)28-14/h4-5,7-9,13H,2-3,6,22H2,1H3,(H,23,26)/t9-,13-/m0/s1. The van der Waals surface area contributed by atoms with Gasteiger partial charge in [-0.3, -0.25) is 9.59 Å². The number of benzene rings is 1. The van der Waals surface area contributed by atoms with E-state index in [1.54, 1.807) is 0 Å². The third kappa shape index (κ3) is 3.86. The fraction of sp³-hybridized carbons (Fsp3) is 0.389. The molecule has 0 aliphatic carbocycles. The molecule has 10 heteroatoms. The van der Waals surface area contributed by atoms with Crippen molar-refractivity contribution in [1.82, 2.24) is 4.90 Å². The van der Waals surface area contributed by atoms with Gasteiger partial charge in [0.2, 0.25) is 11.8 Å². The van der Waals surface area contributed by atoms with Gasteiger partial charge in [0.05, 0.1) is 11.6 Å². The van der Waals surface area contributed by atoms with Gasteiger partial charge in [0.25, 0.3) is 0 Å². The van der Waals surface area contributed by atoms with E-state index in [4.69, 9.17) is 10.2 Å². The first-order valence-electron chi connectivity index (χ1n) is 8.60. The number of carbonyl (C=O) groups excluding carboxylic acids is 2. The minimum Gasteiger partial charge on any atom is -0.423 e. The minimum absolute atomic E-state index is 0.0944. The second-order valence-electron chi connectivity index (χ2n) is 6.66. The predicted octanol–water partition coefficient (Wildman–Crippen LogP) is 2.09. The highest BCUT2D eigenvalue weighted by molar-refractivity contribution is 5.99. The second-order valence-corrected chi connectivity index (χ2v) is 6.66. The van der Waals surface area contributed by atoms with E-state index in [9.17, 15) is 27.6 Å². The molecule has 2 aromatic rings. The molecule has 28 heavy (non-hydrogen) atoms. The summed E-state index contributed by atoms with van der Waals surface area (Å²) in [6.45, 7) is 1.91. The summed E-state index contributed by atoms with van der Waals surface area (Å²) in [7, 11) is 0. The van der Waals surface area contributed by atoms with Gasteiger partial charge in [-0.25, -0.2) is 4.79 Å². The van der Waals surface area contributed by atoms with E-state index < -0.39 is 35.4 Å². The molecule has 1 aromatic carbocycles. The van der Waals surface area contributed by atoms with Crippen molar-refractivity contribution < 1.29 is 27.2 Å². The number of rotatable bonds is 3. The summed E-state index contributed by atoms with van der Waals surface area (Å²) in [6, 6.07) is 2.47. The van der Waals surface area contributed by atoms with E-state index in [-0.39, 0.29) is 22.6 Å². The van der Waals surface area contributed by atoms with Crippen LogP contribution < -0.4 is 16.7 Å².